The maximum atomic E-state index is 14.1. The van der Waals surface area contributed by atoms with Crippen LogP contribution in [0, 0.1) is 11.7 Å². The van der Waals surface area contributed by atoms with Gasteiger partial charge < -0.3 is 20.5 Å². The number of fused-ring (bicyclic) bond motifs is 1. The number of benzene rings is 1. The first kappa shape index (κ1) is 20.7. The lowest BCUT2D eigenvalue weighted by atomic mass is 9.80. The summed E-state index contributed by atoms with van der Waals surface area (Å²) in [5.41, 5.74) is 0.937. The Hall–Kier alpha value is -1.65. The Morgan fingerprint density at radius 1 is 1.31 bits per heavy atom. The molecular weight excluding hydrogens is 357 g/mol. The van der Waals surface area contributed by atoms with E-state index in [-0.39, 0.29) is 24.3 Å². The summed E-state index contributed by atoms with van der Waals surface area (Å²) in [5.74, 6) is -2.96. The predicted octanol–water partition coefficient (Wildman–Crippen LogP) is 2.07. The molecule has 1 aliphatic carbocycles. The molecule has 0 saturated heterocycles. The summed E-state index contributed by atoms with van der Waals surface area (Å²) >= 11 is 0. The van der Waals surface area contributed by atoms with Crippen LogP contribution in [0.3, 0.4) is 0 Å². The normalized spacial score (nSPS) is 19.5. The molecule has 1 aliphatic rings. The van der Waals surface area contributed by atoms with Crippen molar-refractivity contribution in [2.45, 2.75) is 44.2 Å². The molecule has 2 rings (SSSR count). The molecule has 10 heteroatoms. The van der Waals surface area contributed by atoms with Crippen molar-refractivity contribution < 1.29 is 37.5 Å². The minimum atomic E-state index is -4.42. The Morgan fingerprint density at radius 3 is 2.58 bits per heavy atom. The minimum absolute atomic E-state index is 0.00863. The first-order chi connectivity index (χ1) is 12.1. The van der Waals surface area contributed by atoms with E-state index in [1.165, 1.54) is 12.1 Å². The van der Waals surface area contributed by atoms with Gasteiger partial charge in [0.05, 0.1) is 12.5 Å². The van der Waals surface area contributed by atoms with E-state index in [4.69, 9.17) is 10.0 Å². The molecule has 26 heavy (non-hydrogen) atoms. The number of alkyl halides is 3. The van der Waals surface area contributed by atoms with Gasteiger partial charge in [0.2, 0.25) is 0 Å². The largest absolute Gasteiger partial charge is 0.481 e. The van der Waals surface area contributed by atoms with Crippen LogP contribution in [0.2, 0.25) is 6.32 Å². The molecule has 144 valence electrons. The summed E-state index contributed by atoms with van der Waals surface area (Å²) in [4.78, 5) is 11.7. The van der Waals surface area contributed by atoms with Gasteiger partial charge in [-0.2, -0.15) is 13.2 Å². The van der Waals surface area contributed by atoms with Gasteiger partial charge in [-0.25, -0.2) is 4.39 Å². The van der Waals surface area contributed by atoms with Crippen LogP contribution >= 0.6 is 0 Å². The highest BCUT2D eigenvalue weighted by molar-refractivity contribution is 6.40. The number of hydrogen-bond acceptors (Lipinski definition) is 4. The van der Waals surface area contributed by atoms with Crippen molar-refractivity contribution >= 4 is 13.1 Å². The lowest BCUT2D eigenvalue weighted by molar-refractivity contribution is -0.140. The number of aliphatic carboxylic acids is 1. The van der Waals surface area contributed by atoms with Crippen molar-refractivity contribution in [1.29, 1.82) is 0 Å². The van der Waals surface area contributed by atoms with Gasteiger partial charge in [-0.05, 0) is 42.3 Å². The van der Waals surface area contributed by atoms with Crippen molar-refractivity contribution in [2.24, 2.45) is 5.92 Å². The third-order valence-corrected chi connectivity index (χ3v) is 4.54. The quantitative estimate of drug-likeness (QED) is 0.412. The maximum Gasteiger partial charge on any atom is 0.451 e. The van der Waals surface area contributed by atoms with E-state index in [2.05, 4.69) is 5.32 Å². The van der Waals surface area contributed by atoms with Gasteiger partial charge in [-0.15, -0.1) is 0 Å². The van der Waals surface area contributed by atoms with E-state index in [0.717, 1.165) is 0 Å². The fourth-order valence-corrected chi connectivity index (χ4v) is 3.44. The number of hydrogen-bond donors (Lipinski definition) is 4. The van der Waals surface area contributed by atoms with Gasteiger partial charge in [-0.1, -0.05) is 12.5 Å². The summed E-state index contributed by atoms with van der Waals surface area (Å²) in [6.45, 7) is -1.62. The van der Waals surface area contributed by atoms with Crippen molar-refractivity contribution in [3.05, 3.63) is 34.6 Å². The highest BCUT2D eigenvalue weighted by atomic mass is 19.4. The van der Waals surface area contributed by atoms with Crippen LogP contribution < -0.4 is 5.32 Å². The van der Waals surface area contributed by atoms with E-state index >= 15 is 0 Å². The molecule has 0 fully saturated rings. The minimum Gasteiger partial charge on any atom is -0.481 e. The molecule has 0 unspecified atom stereocenters. The zero-order valence-corrected chi connectivity index (χ0v) is 13.9. The summed E-state index contributed by atoms with van der Waals surface area (Å²) in [6, 6.07) is 2.52. The molecule has 0 amide bonds. The van der Waals surface area contributed by atoms with Crippen LogP contribution in [-0.4, -0.2) is 41.0 Å². The summed E-state index contributed by atoms with van der Waals surface area (Å²) in [5, 5.41) is 29.4. The summed E-state index contributed by atoms with van der Waals surface area (Å²) in [6.07, 6.45) is -3.14. The van der Waals surface area contributed by atoms with Crippen molar-refractivity contribution in [3.8, 4) is 0 Å². The van der Waals surface area contributed by atoms with E-state index in [1.54, 1.807) is 0 Å². The van der Waals surface area contributed by atoms with E-state index in [1.807, 2.05) is 0 Å². The molecule has 2 atom stereocenters. The van der Waals surface area contributed by atoms with Crippen LogP contribution in [0.5, 0.6) is 0 Å². The highest BCUT2D eigenvalue weighted by Gasteiger charge is 2.38. The Morgan fingerprint density at radius 2 is 2.00 bits per heavy atom. The molecule has 0 saturated carbocycles. The second-order valence-electron chi connectivity index (χ2n) is 6.55. The van der Waals surface area contributed by atoms with Crippen molar-refractivity contribution in [1.82, 2.24) is 5.32 Å². The summed E-state index contributed by atoms with van der Waals surface area (Å²) < 4.78 is 50.8. The van der Waals surface area contributed by atoms with Gasteiger partial charge >= 0.3 is 19.3 Å². The van der Waals surface area contributed by atoms with Crippen molar-refractivity contribution in [3.63, 3.8) is 0 Å². The molecular formula is C16H20BF4NO4. The van der Waals surface area contributed by atoms with Gasteiger partial charge in [0.15, 0.2) is 0 Å². The molecule has 0 spiro atoms. The Labute approximate surface area is 148 Å². The Balaban J connectivity index is 2.14. The maximum absolute atomic E-state index is 14.1. The standard InChI is InChI=1S/C16H20BF4NO4/c18-13-6-10-4-9(2-1-3-17(25)26)14(15(23)24)12(10)5-11(13)7-22-8-16(19,20)21/h5-6,9,14,22,25-26H,1-4,7-8H2,(H,23,24)/t9-,14-/m0/s1. The van der Waals surface area contributed by atoms with Crippen LogP contribution in [0.1, 0.15) is 35.4 Å². The lowest BCUT2D eigenvalue weighted by Gasteiger charge is -2.17. The molecule has 0 radical (unpaired) electrons. The zero-order chi connectivity index (χ0) is 19.5. The number of carboxylic acids is 1. The molecule has 0 aromatic heterocycles. The fourth-order valence-electron chi connectivity index (χ4n) is 3.44. The number of rotatable bonds is 8. The monoisotopic (exact) mass is 377 g/mol. The van der Waals surface area contributed by atoms with Gasteiger partial charge in [0, 0.05) is 12.1 Å². The van der Waals surface area contributed by atoms with Gasteiger partial charge in [0.1, 0.15) is 5.82 Å². The van der Waals surface area contributed by atoms with E-state index < -0.39 is 37.5 Å². The smallest absolute Gasteiger partial charge is 0.451 e. The lowest BCUT2D eigenvalue weighted by Crippen LogP contribution is -2.28. The van der Waals surface area contributed by atoms with Crippen LogP contribution in [-0.2, 0) is 17.8 Å². The molecule has 1 aromatic carbocycles. The average Bonchev–Trinajstić information content (AvgIpc) is 2.83. The van der Waals surface area contributed by atoms with Crippen LogP contribution in [0.4, 0.5) is 17.6 Å². The second kappa shape index (κ2) is 8.36. The fraction of sp³-hybridized carbons (Fsp3) is 0.562. The molecule has 1 aromatic rings. The summed E-state index contributed by atoms with van der Waals surface area (Å²) in [7, 11) is -1.47. The highest BCUT2D eigenvalue weighted by Crippen LogP contribution is 2.42. The Kier molecular flexibility index (Phi) is 6.65. The molecule has 5 nitrogen and oxygen atoms in total. The number of nitrogens with one attached hydrogen (secondary N) is 1. The SMILES string of the molecule is O=C(O)[C@@H]1c2cc(CNCC(F)(F)F)c(F)cc2C[C@@H]1CCCB(O)O. The average molecular weight is 377 g/mol. The van der Waals surface area contributed by atoms with Crippen molar-refractivity contribution in [2.75, 3.05) is 6.54 Å². The molecule has 0 bridgehead atoms. The van der Waals surface area contributed by atoms with Crippen LogP contribution in [0.15, 0.2) is 12.1 Å². The Bertz CT molecular complexity index is 654. The first-order valence-electron chi connectivity index (χ1n) is 8.26. The third kappa shape index (κ3) is 5.42. The predicted molar refractivity (Wildman–Crippen MR) is 86.0 cm³/mol. The first-order valence-corrected chi connectivity index (χ1v) is 8.26. The topological polar surface area (TPSA) is 89.8 Å². The molecule has 0 heterocycles. The zero-order valence-electron chi connectivity index (χ0n) is 13.9. The number of halogens is 4. The molecule has 4 N–H and O–H groups in total. The number of carboxylic acid groups (broad SMARTS) is 1. The third-order valence-electron chi connectivity index (χ3n) is 4.54. The van der Waals surface area contributed by atoms with Gasteiger partial charge in [-0.3, -0.25) is 4.79 Å². The van der Waals surface area contributed by atoms with Gasteiger partial charge in [0.25, 0.3) is 0 Å². The van der Waals surface area contributed by atoms with E-state index in [9.17, 15) is 27.5 Å². The van der Waals surface area contributed by atoms with E-state index in [0.29, 0.717) is 30.4 Å². The van der Waals surface area contributed by atoms with Crippen LogP contribution in [0.25, 0.3) is 0 Å². The molecule has 0 aliphatic heterocycles. The second-order valence-corrected chi connectivity index (χ2v) is 6.55. The number of carbonyl (C=O) groups is 1.